The number of rotatable bonds is 5. The smallest absolute Gasteiger partial charge is 0.0366 e. The van der Waals surface area contributed by atoms with E-state index in [4.69, 9.17) is 5.73 Å². The molecule has 2 rings (SSSR count). The van der Waals surface area contributed by atoms with Crippen molar-refractivity contribution in [3.63, 3.8) is 0 Å². The van der Waals surface area contributed by atoms with Crippen LogP contribution in [0.5, 0.6) is 0 Å². The maximum atomic E-state index is 5.67. The Morgan fingerprint density at radius 2 is 1.94 bits per heavy atom. The largest absolute Gasteiger partial charge is 0.375 e. The molecule has 2 N–H and O–H groups in total. The van der Waals surface area contributed by atoms with Gasteiger partial charge in [-0.3, -0.25) is 0 Å². The van der Waals surface area contributed by atoms with Gasteiger partial charge < -0.3 is 10.6 Å². The summed E-state index contributed by atoms with van der Waals surface area (Å²) in [6.07, 6.45) is 6.41. The van der Waals surface area contributed by atoms with Gasteiger partial charge in [0.15, 0.2) is 0 Å². The van der Waals surface area contributed by atoms with Crippen molar-refractivity contribution in [2.75, 3.05) is 25.0 Å². The molecule has 2 heteroatoms. The number of hydrogen-bond donors (Lipinski definition) is 1. The predicted octanol–water partition coefficient (Wildman–Crippen LogP) is 2.99. The van der Waals surface area contributed by atoms with Crippen LogP contribution in [0, 0.1) is 5.92 Å². The van der Waals surface area contributed by atoms with Crippen LogP contribution >= 0.6 is 0 Å². The highest BCUT2D eigenvalue weighted by molar-refractivity contribution is 5.51. The van der Waals surface area contributed by atoms with E-state index in [-0.39, 0.29) is 0 Å². The normalized spacial score (nSPS) is 16.2. The Hall–Kier alpha value is -1.02. The summed E-state index contributed by atoms with van der Waals surface area (Å²) in [5.74, 6) is 0.616. The molecule has 1 aromatic rings. The zero-order valence-corrected chi connectivity index (χ0v) is 11.8. The molecule has 1 atom stereocenters. The summed E-state index contributed by atoms with van der Waals surface area (Å²) >= 11 is 0. The second-order valence-corrected chi connectivity index (χ2v) is 5.71. The molecule has 1 aliphatic rings. The van der Waals surface area contributed by atoms with Crippen molar-refractivity contribution in [3.05, 3.63) is 29.3 Å². The van der Waals surface area contributed by atoms with E-state index in [2.05, 4.69) is 37.1 Å². The van der Waals surface area contributed by atoms with Crippen molar-refractivity contribution in [2.45, 2.75) is 39.0 Å². The minimum Gasteiger partial charge on any atom is -0.375 e. The van der Waals surface area contributed by atoms with E-state index in [0.29, 0.717) is 5.92 Å². The van der Waals surface area contributed by atoms with Crippen LogP contribution in [0.3, 0.4) is 0 Å². The summed E-state index contributed by atoms with van der Waals surface area (Å²) in [6.45, 7) is 4.11. The molecular weight excluding hydrogens is 220 g/mol. The van der Waals surface area contributed by atoms with Gasteiger partial charge in [-0.25, -0.2) is 0 Å². The summed E-state index contributed by atoms with van der Waals surface area (Å²) in [7, 11) is 2.19. The fourth-order valence-corrected chi connectivity index (χ4v) is 2.62. The van der Waals surface area contributed by atoms with Crippen LogP contribution in [0.1, 0.15) is 37.3 Å². The van der Waals surface area contributed by atoms with Gasteiger partial charge in [0.2, 0.25) is 0 Å². The van der Waals surface area contributed by atoms with E-state index >= 15 is 0 Å². The Morgan fingerprint density at radius 1 is 1.22 bits per heavy atom. The Morgan fingerprint density at radius 3 is 2.67 bits per heavy atom. The van der Waals surface area contributed by atoms with Crippen molar-refractivity contribution >= 4 is 5.69 Å². The van der Waals surface area contributed by atoms with E-state index in [0.717, 1.165) is 13.1 Å². The molecular formula is C16H26N2. The van der Waals surface area contributed by atoms with Crippen molar-refractivity contribution in [2.24, 2.45) is 11.7 Å². The molecule has 0 amide bonds. The quantitative estimate of drug-likeness (QED) is 0.865. The first-order chi connectivity index (χ1) is 8.70. The van der Waals surface area contributed by atoms with Gasteiger partial charge in [0.05, 0.1) is 0 Å². The minimum absolute atomic E-state index is 0.616. The molecule has 1 aromatic carbocycles. The van der Waals surface area contributed by atoms with Gasteiger partial charge in [0, 0.05) is 19.3 Å². The molecule has 0 aliphatic heterocycles. The van der Waals surface area contributed by atoms with E-state index in [1.165, 1.54) is 37.8 Å². The maximum absolute atomic E-state index is 5.67. The fourth-order valence-electron chi connectivity index (χ4n) is 2.62. The number of nitrogens with zero attached hydrogens (tertiary/aromatic N) is 1. The molecule has 0 bridgehead atoms. The first-order valence-corrected chi connectivity index (χ1v) is 7.23. The molecule has 18 heavy (non-hydrogen) atoms. The first-order valence-electron chi connectivity index (χ1n) is 7.23. The van der Waals surface area contributed by atoms with Crippen LogP contribution in [-0.2, 0) is 12.8 Å². The van der Waals surface area contributed by atoms with Gasteiger partial charge >= 0.3 is 0 Å². The van der Waals surface area contributed by atoms with Crippen LogP contribution in [0.25, 0.3) is 0 Å². The lowest BCUT2D eigenvalue weighted by atomic mass is 9.91. The van der Waals surface area contributed by atoms with Crippen LogP contribution in [0.4, 0.5) is 5.69 Å². The minimum atomic E-state index is 0.616. The molecule has 0 spiro atoms. The maximum Gasteiger partial charge on any atom is 0.0366 e. The number of hydrogen-bond acceptors (Lipinski definition) is 2. The highest BCUT2D eigenvalue weighted by Gasteiger charge is 2.11. The van der Waals surface area contributed by atoms with Gasteiger partial charge in [-0.15, -0.1) is 0 Å². The molecule has 0 heterocycles. The van der Waals surface area contributed by atoms with Crippen molar-refractivity contribution in [3.8, 4) is 0 Å². The van der Waals surface area contributed by atoms with E-state index in [1.807, 2.05) is 0 Å². The van der Waals surface area contributed by atoms with Crippen molar-refractivity contribution < 1.29 is 0 Å². The topological polar surface area (TPSA) is 29.3 Å². The van der Waals surface area contributed by atoms with E-state index in [1.54, 1.807) is 11.1 Å². The average Bonchev–Trinajstić information content (AvgIpc) is 2.43. The summed E-state index contributed by atoms with van der Waals surface area (Å²) < 4.78 is 0. The lowest BCUT2D eigenvalue weighted by Gasteiger charge is -2.24. The Kier molecular flexibility index (Phi) is 4.65. The molecule has 0 saturated carbocycles. The third-order valence-corrected chi connectivity index (χ3v) is 4.13. The number of aryl methyl sites for hydroxylation is 2. The third kappa shape index (κ3) is 3.26. The van der Waals surface area contributed by atoms with Crippen molar-refractivity contribution in [1.82, 2.24) is 0 Å². The molecule has 0 aromatic heterocycles. The molecule has 0 radical (unpaired) electrons. The number of anilines is 1. The van der Waals surface area contributed by atoms with E-state index < -0.39 is 0 Å². The van der Waals surface area contributed by atoms with Crippen LogP contribution in [0.15, 0.2) is 18.2 Å². The highest BCUT2D eigenvalue weighted by atomic mass is 15.1. The Balaban J connectivity index is 1.99. The predicted molar refractivity (Wildman–Crippen MR) is 79.2 cm³/mol. The first kappa shape index (κ1) is 13.4. The zero-order chi connectivity index (χ0) is 13.0. The summed E-state index contributed by atoms with van der Waals surface area (Å²) in [5, 5.41) is 0. The summed E-state index contributed by atoms with van der Waals surface area (Å²) in [4.78, 5) is 2.36. The highest BCUT2D eigenvalue weighted by Crippen LogP contribution is 2.25. The number of nitrogens with two attached hydrogens (primary N) is 1. The SMILES string of the molecule is CC(CN)CCN(C)c1ccc2c(c1)CCCC2. The van der Waals surface area contributed by atoms with Gasteiger partial charge in [-0.1, -0.05) is 13.0 Å². The molecule has 100 valence electrons. The third-order valence-electron chi connectivity index (χ3n) is 4.13. The van der Waals surface area contributed by atoms with Crippen LogP contribution in [0.2, 0.25) is 0 Å². The van der Waals surface area contributed by atoms with Gasteiger partial charge in [-0.05, 0) is 67.8 Å². The zero-order valence-electron chi connectivity index (χ0n) is 11.8. The molecule has 1 unspecified atom stereocenters. The van der Waals surface area contributed by atoms with E-state index in [9.17, 15) is 0 Å². The van der Waals surface area contributed by atoms with Crippen LogP contribution < -0.4 is 10.6 Å². The number of fused-ring (bicyclic) bond motifs is 1. The molecule has 1 aliphatic carbocycles. The van der Waals surface area contributed by atoms with Gasteiger partial charge in [0.25, 0.3) is 0 Å². The molecule has 0 saturated heterocycles. The Labute approximate surface area is 111 Å². The Bertz CT molecular complexity index is 387. The van der Waals surface area contributed by atoms with Gasteiger partial charge in [0.1, 0.15) is 0 Å². The summed E-state index contributed by atoms with van der Waals surface area (Å²) in [5.41, 5.74) is 10.2. The lowest BCUT2D eigenvalue weighted by Crippen LogP contribution is -2.23. The summed E-state index contributed by atoms with van der Waals surface area (Å²) in [6, 6.07) is 6.99. The van der Waals surface area contributed by atoms with Crippen molar-refractivity contribution in [1.29, 1.82) is 0 Å². The monoisotopic (exact) mass is 246 g/mol. The second kappa shape index (κ2) is 6.24. The lowest BCUT2D eigenvalue weighted by molar-refractivity contribution is 0.545. The standard InChI is InChI=1S/C16H26N2/c1-13(12-17)9-10-18(2)16-8-7-14-5-3-4-6-15(14)11-16/h7-8,11,13H,3-6,9-10,12,17H2,1-2H3. The average molecular weight is 246 g/mol. The second-order valence-electron chi connectivity index (χ2n) is 5.71. The molecule has 2 nitrogen and oxygen atoms in total. The molecule has 0 fully saturated rings. The fraction of sp³-hybridized carbons (Fsp3) is 0.625. The number of benzene rings is 1. The van der Waals surface area contributed by atoms with Gasteiger partial charge in [-0.2, -0.15) is 0 Å². The van der Waals surface area contributed by atoms with Crippen LogP contribution in [-0.4, -0.2) is 20.1 Å².